The van der Waals surface area contributed by atoms with Gasteiger partial charge in [-0.15, -0.1) is 11.3 Å². The highest BCUT2D eigenvalue weighted by Crippen LogP contribution is 2.46. The Hall–Kier alpha value is -5.96. The highest BCUT2D eigenvalue weighted by atomic mass is 32.1. The predicted octanol–water partition coefficient (Wildman–Crippen LogP) is 13.7. The molecule has 1 heterocycles. The number of anilines is 3. The fourth-order valence-electron chi connectivity index (χ4n) is 7.01. The average molecular weight is 630 g/mol. The SMILES string of the molecule is c1ccc(-c2cccc(N(c3ccc(-c4cccc5ccccc45)cc3)c3ccccc3-c3cccc4c3sc3ccccc34)c2)cc1. The molecule has 0 saturated carbocycles. The molecule has 0 bridgehead atoms. The van der Waals surface area contributed by atoms with Gasteiger partial charge in [0.1, 0.15) is 0 Å². The second-order valence-corrected chi connectivity index (χ2v) is 13.2. The molecule has 0 spiro atoms. The molecular formula is C46H31NS. The van der Waals surface area contributed by atoms with Crippen LogP contribution in [0.3, 0.4) is 0 Å². The summed E-state index contributed by atoms with van der Waals surface area (Å²) in [7, 11) is 0. The molecule has 2 heteroatoms. The van der Waals surface area contributed by atoms with E-state index in [1.807, 2.05) is 11.3 Å². The monoisotopic (exact) mass is 629 g/mol. The van der Waals surface area contributed by atoms with Gasteiger partial charge in [0.2, 0.25) is 0 Å². The molecule has 226 valence electrons. The standard InChI is InChI=1S/C46H31NS/c1-2-13-32(14-3-1)35-17-10-18-37(31-35)47(36-29-27-34(28-30-36)39-22-11-16-33-15-4-5-19-38(33)39)44-25-8-6-20-40(44)42-23-12-24-43-41-21-7-9-26-45(41)48-46(42)43/h1-31H. The quantitative estimate of drug-likeness (QED) is 0.177. The fraction of sp³-hybridized carbons (Fsp3) is 0. The maximum atomic E-state index is 2.42. The van der Waals surface area contributed by atoms with Crippen LogP contribution < -0.4 is 4.90 Å². The van der Waals surface area contributed by atoms with E-state index in [1.54, 1.807) is 0 Å². The smallest absolute Gasteiger partial charge is 0.0540 e. The number of para-hydroxylation sites is 1. The number of hydrogen-bond acceptors (Lipinski definition) is 2. The third kappa shape index (κ3) is 4.95. The molecule has 8 aromatic carbocycles. The highest BCUT2D eigenvalue weighted by Gasteiger charge is 2.20. The van der Waals surface area contributed by atoms with Crippen molar-refractivity contribution in [3.63, 3.8) is 0 Å². The summed E-state index contributed by atoms with van der Waals surface area (Å²) in [5.41, 5.74) is 10.7. The molecule has 9 aromatic rings. The molecule has 0 aliphatic carbocycles. The van der Waals surface area contributed by atoms with Gasteiger partial charge in [0.25, 0.3) is 0 Å². The minimum absolute atomic E-state index is 1.11. The molecule has 0 amide bonds. The number of benzene rings is 8. The van der Waals surface area contributed by atoms with Crippen LogP contribution >= 0.6 is 11.3 Å². The summed E-state index contributed by atoms with van der Waals surface area (Å²) in [6.07, 6.45) is 0. The van der Waals surface area contributed by atoms with Crippen LogP contribution in [0.2, 0.25) is 0 Å². The summed E-state index contributed by atoms with van der Waals surface area (Å²) >= 11 is 1.88. The lowest BCUT2D eigenvalue weighted by atomic mass is 9.97. The number of thiophene rings is 1. The minimum Gasteiger partial charge on any atom is -0.310 e. The molecule has 0 saturated heterocycles. The average Bonchev–Trinajstić information content (AvgIpc) is 3.55. The Morgan fingerprint density at radius 1 is 0.354 bits per heavy atom. The first-order valence-corrected chi connectivity index (χ1v) is 17.2. The molecule has 1 nitrogen and oxygen atoms in total. The van der Waals surface area contributed by atoms with Crippen LogP contribution in [0.25, 0.3) is 64.3 Å². The van der Waals surface area contributed by atoms with Gasteiger partial charge in [0.15, 0.2) is 0 Å². The topological polar surface area (TPSA) is 3.24 Å². The van der Waals surface area contributed by atoms with Gasteiger partial charge < -0.3 is 4.90 Å². The summed E-state index contributed by atoms with van der Waals surface area (Å²) in [5.74, 6) is 0. The van der Waals surface area contributed by atoms with E-state index in [0.29, 0.717) is 0 Å². The maximum absolute atomic E-state index is 2.42. The third-order valence-corrected chi connectivity index (χ3v) is 10.5. The molecule has 0 radical (unpaired) electrons. The van der Waals surface area contributed by atoms with Crippen molar-refractivity contribution in [1.82, 2.24) is 0 Å². The molecule has 1 aromatic heterocycles. The van der Waals surface area contributed by atoms with Crippen LogP contribution in [0.4, 0.5) is 17.1 Å². The molecule has 0 unspecified atom stereocenters. The first kappa shape index (κ1) is 28.3. The van der Waals surface area contributed by atoms with Gasteiger partial charge in [0, 0.05) is 42.7 Å². The van der Waals surface area contributed by atoms with Crippen LogP contribution in [-0.4, -0.2) is 0 Å². The first-order chi connectivity index (χ1) is 23.8. The molecule has 9 rings (SSSR count). The van der Waals surface area contributed by atoms with E-state index in [9.17, 15) is 0 Å². The van der Waals surface area contributed by atoms with Crippen molar-refractivity contribution < 1.29 is 0 Å². The number of hydrogen-bond donors (Lipinski definition) is 0. The summed E-state index contributed by atoms with van der Waals surface area (Å²) in [6, 6.07) is 68.1. The zero-order valence-electron chi connectivity index (χ0n) is 26.3. The van der Waals surface area contributed by atoms with Crippen molar-refractivity contribution in [2.45, 2.75) is 0 Å². The molecule has 48 heavy (non-hydrogen) atoms. The Kier molecular flexibility index (Phi) is 7.07. The van der Waals surface area contributed by atoms with Crippen molar-refractivity contribution >= 4 is 59.3 Å². The first-order valence-electron chi connectivity index (χ1n) is 16.4. The second kappa shape index (κ2) is 12.0. The van der Waals surface area contributed by atoms with Gasteiger partial charge in [-0.25, -0.2) is 0 Å². The van der Waals surface area contributed by atoms with E-state index in [0.717, 1.165) is 17.1 Å². The fourth-order valence-corrected chi connectivity index (χ4v) is 8.24. The lowest BCUT2D eigenvalue weighted by Crippen LogP contribution is -2.11. The zero-order chi connectivity index (χ0) is 31.9. The Labute approximate surface area is 284 Å². The molecule has 0 aliphatic heterocycles. The summed E-state index contributed by atoms with van der Waals surface area (Å²) in [6.45, 7) is 0. The summed E-state index contributed by atoms with van der Waals surface area (Å²) in [5, 5.41) is 5.14. The number of fused-ring (bicyclic) bond motifs is 4. The van der Waals surface area contributed by atoms with Crippen molar-refractivity contribution in [2.24, 2.45) is 0 Å². The summed E-state index contributed by atoms with van der Waals surface area (Å²) in [4.78, 5) is 2.42. The van der Waals surface area contributed by atoms with Gasteiger partial charge in [-0.3, -0.25) is 0 Å². The van der Waals surface area contributed by atoms with Gasteiger partial charge >= 0.3 is 0 Å². The van der Waals surface area contributed by atoms with Gasteiger partial charge in [-0.05, 0) is 69.4 Å². The largest absolute Gasteiger partial charge is 0.310 e. The molecule has 0 N–H and O–H groups in total. The normalized spacial score (nSPS) is 11.3. The van der Waals surface area contributed by atoms with E-state index >= 15 is 0 Å². The van der Waals surface area contributed by atoms with Gasteiger partial charge in [-0.1, -0.05) is 152 Å². The van der Waals surface area contributed by atoms with E-state index in [4.69, 9.17) is 0 Å². The van der Waals surface area contributed by atoms with E-state index < -0.39 is 0 Å². The molecule has 0 atom stereocenters. The van der Waals surface area contributed by atoms with Crippen molar-refractivity contribution in [3.8, 4) is 33.4 Å². The van der Waals surface area contributed by atoms with Crippen LogP contribution in [0.1, 0.15) is 0 Å². The van der Waals surface area contributed by atoms with Crippen LogP contribution in [0.5, 0.6) is 0 Å². The van der Waals surface area contributed by atoms with Gasteiger partial charge in [-0.2, -0.15) is 0 Å². The van der Waals surface area contributed by atoms with Crippen LogP contribution in [-0.2, 0) is 0 Å². The summed E-state index contributed by atoms with van der Waals surface area (Å²) < 4.78 is 2.63. The second-order valence-electron chi connectivity index (χ2n) is 12.1. The zero-order valence-corrected chi connectivity index (χ0v) is 27.1. The lowest BCUT2D eigenvalue weighted by molar-refractivity contribution is 1.28. The minimum atomic E-state index is 1.11. The number of nitrogens with zero attached hydrogens (tertiary/aromatic N) is 1. The van der Waals surface area contributed by atoms with Crippen LogP contribution in [0.15, 0.2) is 188 Å². The highest BCUT2D eigenvalue weighted by molar-refractivity contribution is 7.26. The molecule has 0 fully saturated rings. The number of rotatable bonds is 6. The van der Waals surface area contributed by atoms with E-state index in [-0.39, 0.29) is 0 Å². The third-order valence-electron chi connectivity index (χ3n) is 9.28. The van der Waals surface area contributed by atoms with Gasteiger partial charge in [0.05, 0.1) is 5.69 Å². The van der Waals surface area contributed by atoms with Crippen molar-refractivity contribution in [2.75, 3.05) is 4.90 Å². The molecule has 0 aliphatic rings. The Balaban J connectivity index is 1.24. The van der Waals surface area contributed by atoms with Crippen molar-refractivity contribution in [3.05, 3.63) is 188 Å². The van der Waals surface area contributed by atoms with E-state index in [2.05, 4.69) is 193 Å². The molecular weight excluding hydrogens is 599 g/mol. The Bertz CT molecular complexity index is 2560. The Morgan fingerprint density at radius 3 is 1.88 bits per heavy atom. The maximum Gasteiger partial charge on any atom is 0.0540 e. The van der Waals surface area contributed by atoms with Crippen LogP contribution in [0, 0.1) is 0 Å². The lowest BCUT2D eigenvalue weighted by Gasteiger charge is -2.28. The van der Waals surface area contributed by atoms with E-state index in [1.165, 1.54) is 64.3 Å². The van der Waals surface area contributed by atoms with Crippen molar-refractivity contribution in [1.29, 1.82) is 0 Å². The predicted molar refractivity (Wildman–Crippen MR) is 208 cm³/mol. The Morgan fingerprint density at radius 2 is 0.979 bits per heavy atom.